The first-order valence-corrected chi connectivity index (χ1v) is 7.79. The molecule has 1 aliphatic heterocycles. The van der Waals surface area contributed by atoms with Gasteiger partial charge in [-0.1, -0.05) is 26.0 Å². The molecule has 1 fully saturated rings. The maximum atomic E-state index is 13.1. The van der Waals surface area contributed by atoms with Crippen LogP contribution >= 0.6 is 0 Å². The zero-order chi connectivity index (χ0) is 18.1. The highest BCUT2D eigenvalue weighted by molar-refractivity contribution is 6.09. The van der Waals surface area contributed by atoms with Crippen molar-refractivity contribution >= 4 is 17.8 Å². The number of urea groups is 1. The van der Waals surface area contributed by atoms with E-state index in [9.17, 15) is 18.8 Å². The van der Waals surface area contributed by atoms with E-state index >= 15 is 0 Å². The molecule has 1 unspecified atom stereocenters. The molecule has 1 N–H and O–H groups in total. The number of amides is 4. The number of hydrogen-bond donors (Lipinski definition) is 1. The smallest absolute Gasteiger partial charge is 0.325 e. The predicted octanol–water partition coefficient (Wildman–Crippen LogP) is 1.71. The van der Waals surface area contributed by atoms with Gasteiger partial charge in [0, 0.05) is 13.6 Å². The highest BCUT2D eigenvalue weighted by Gasteiger charge is 2.49. The highest BCUT2D eigenvalue weighted by Crippen LogP contribution is 2.28. The van der Waals surface area contributed by atoms with Gasteiger partial charge in [-0.05, 0) is 30.5 Å². The summed E-state index contributed by atoms with van der Waals surface area (Å²) < 4.78 is 13.1. The molecule has 1 heterocycles. The van der Waals surface area contributed by atoms with Crippen molar-refractivity contribution in [2.45, 2.75) is 26.3 Å². The van der Waals surface area contributed by atoms with Crippen LogP contribution in [0.2, 0.25) is 0 Å². The van der Waals surface area contributed by atoms with E-state index in [1.807, 2.05) is 13.8 Å². The number of halogens is 1. The maximum absolute atomic E-state index is 13.1. The first-order valence-electron chi connectivity index (χ1n) is 7.79. The lowest BCUT2D eigenvalue weighted by Crippen LogP contribution is -2.44. The molecule has 4 amide bonds. The molecule has 0 aromatic heterocycles. The number of rotatable bonds is 5. The number of nitrogens with one attached hydrogen (secondary N) is 1. The fraction of sp³-hybridized carbons (Fsp3) is 0.471. The molecule has 0 saturated carbocycles. The molecule has 1 atom stereocenters. The van der Waals surface area contributed by atoms with Crippen LogP contribution in [-0.4, -0.2) is 47.8 Å². The van der Waals surface area contributed by atoms with E-state index < -0.39 is 23.3 Å². The standard InChI is InChI=1S/C17H22FN3O3/c1-11(2)9-20(4)14(22)10-21-15(23)17(3,19-16(21)24)12-5-7-13(18)8-6-12/h5-8,11H,9-10H2,1-4H3,(H,19,24). The first kappa shape index (κ1) is 17.9. The fourth-order valence-electron chi connectivity index (χ4n) is 2.72. The van der Waals surface area contributed by atoms with Crippen molar-refractivity contribution < 1.29 is 18.8 Å². The first-order chi connectivity index (χ1) is 11.1. The molecule has 1 saturated heterocycles. The highest BCUT2D eigenvalue weighted by atomic mass is 19.1. The van der Waals surface area contributed by atoms with Gasteiger partial charge in [0.1, 0.15) is 17.9 Å². The molecule has 6 nitrogen and oxygen atoms in total. The van der Waals surface area contributed by atoms with E-state index in [1.165, 1.54) is 29.2 Å². The van der Waals surface area contributed by atoms with Crippen LogP contribution in [0.4, 0.5) is 9.18 Å². The summed E-state index contributed by atoms with van der Waals surface area (Å²) in [4.78, 5) is 39.5. The normalized spacial score (nSPS) is 20.5. The van der Waals surface area contributed by atoms with Gasteiger partial charge in [0.15, 0.2) is 0 Å². The third-order valence-electron chi connectivity index (χ3n) is 4.05. The van der Waals surface area contributed by atoms with Gasteiger partial charge in [0.05, 0.1) is 0 Å². The van der Waals surface area contributed by atoms with Crippen LogP contribution in [0.25, 0.3) is 0 Å². The molecule has 0 spiro atoms. The van der Waals surface area contributed by atoms with E-state index in [1.54, 1.807) is 14.0 Å². The summed E-state index contributed by atoms with van der Waals surface area (Å²) in [5.41, 5.74) is -0.838. The van der Waals surface area contributed by atoms with Crippen molar-refractivity contribution in [3.05, 3.63) is 35.6 Å². The van der Waals surface area contributed by atoms with Crippen LogP contribution in [0.1, 0.15) is 26.3 Å². The molecule has 1 aliphatic rings. The molecular weight excluding hydrogens is 313 g/mol. The summed E-state index contributed by atoms with van der Waals surface area (Å²) in [7, 11) is 1.64. The fourth-order valence-corrected chi connectivity index (χ4v) is 2.72. The Morgan fingerprint density at radius 2 is 1.88 bits per heavy atom. The monoisotopic (exact) mass is 335 g/mol. The zero-order valence-corrected chi connectivity index (χ0v) is 14.3. The largest absolute Gasteiger partial charge is 0.344 e. The van der Waals surface area contributed by atoms with Crippen LogP contribution < -0.4 is 5.32 Å². The Balaban J connectivity index is 2.16. The molecule has 1 aromatic rings. The van der Waals surface area contributed by atoms with Gasteiger partial charge in [-0.3, -0.25) is 14.5 Å². The molecule has 0 radical (unpaired) electrons. The van der Waals surface area contributed by atoms with Gasteiger partial charge >= 0.3 is 6.03 Å². The van der Waals surface area contributed by atoms with Crippen LogP contribution in [0.15, 0.2) is 24.3 Å². The average Bonchev–Trinajstić information content (AvgIpc) is 2.71. The summed E-state index contributed by atoms with van der Waals surface area (Å²) in [6, 6.07) is 4.72. The van der Waals surface area contributed by atoms with Crippen LogP contribution in [0.3, 0.4) is 0 Å². The Bertz CT molecular complexity index is 660. The van der Waals surface area contributed by atoms with Gasteiger partial charge in [-0.2, -0.15) is 0 Å². The summed E-state index contributed by atoms with van der Waals surface area (Å²) >= 11 is 0. The molecule has 7 heteroatoms. The van der Waals surface area contributed by atoms with Gasteiger partial charge in [0.2, 0.25) is 5.91 Å². The Morgan fingerprint density at radius 1 is 1.29 bits per heavy atom. The molecule has 1 aromatic carbocycles. The number of carbonyl (C=O) groups is 3. The van der Waals surface area contributed by atoms with Crippen LogP contribution in [-0.2, 0) is 15.1 Å². The second-order valence-corrected chi connectivity index (χ2v) is 6.62. The van der Waals surface area contributed by atoms with Crippen LogP contribution in [0, 0.1) is 11.7 Å². The molecule has 130 valence electrons. The lowest BCUT2D eigenvalue weighted by molar-refractivity contribution is -0.138. The van der Waals surface area contributed by atoms with E-state index in [0.29, 0.717) is 12.1 Å². The summed E-state index contributed by atoms with van der Waals surface area (Å²) in [6.45, 7) is 5.72. The number of imide groups is 1. The van der Waals surface area contributed by atoms with Crippen molar-refractivity contribution in [2.24, 2.45) is 5.92 Å². The number of hydrogen-bond acceptors (Lipinski definition) is 3. The number of likely N-dealkylation sites (N-methyl/N-ethyl adjacent to an activating group) is 1. The zero-order valence-electron chi connectivity index (χ0n) is 14.3. The topological polar surface area (TPSA) is 69.7 Å². The average molecular weight is 335 g/mol. The quantitative estimate of drug-likeness (QED) is 0.833. The Hall–Kier alpha value is -2.44. The molecule has 2 rings (SSSR count). The Kier molecular flexibility index (Phi) is 4.91. The van der Waals surface area contributed by atoms with Gasteiger partial charge in [-0.15, -0.1) is 0 Å². The maximum Gasteiger partial charge on any atom is 0.325 e. The molecular formula is C17H22FN3O3. The molecule has 0 aliphatic carbocycles. The van der Waals surface area contributed by atoms with Gasteiger partial charge in [-0.25, -0.2) is 9.18 Å². The molecule has 24 heavy (non-hydrogen) atoms. The van der Waals surface area contributed by atoms with E-state index in [4.69, 9.17) is 0 Å². The number of nitrogens with zero attached hydrogens (tertiary/aromatic N) is 2. The van der Waals surface area contributed by atoms with Crippen molar-refractivity contribution in [2.75, 3.05) is 20.1 Å². The van der Waals surface area contributed by atoms with E-state index in [0.717, 1.165) is 4.90 Å². The van der Waals surface area contributed by atoms with E-state index in [-0.39, 0.29) is 18.4 Å². The third-order valence-corrected chi connectivity index (χ3v) is 4.05. The molecule has 0 bridgehead atoms. The van der Waals surface area contributed by atoms with Crippen molar-refractivity contribution in [1.82, 2.24) is 15.1 Å². The summed E-state index contributed by atoms with van der Waals surface area (Å²) in [5.74, 6) is -0.978. The number of benzene rings is 1. The minimum atomic E-state index is -1.30. The van der Waals surface area contributed by atoms with Crippen molar-refractivity contribution in [3.8, 4) is 0 Å². The third kappa shape index (κ3) is 3.39. The summed E-state index contributed by atoms with van der Waals surface area (Å²) in [5, 5.41) is 2.60. The number of carbonyl (C=O) groups excluding carboxylic acids is 3. The Labute approximate surface area is 140 Å². The van der Waals surface area contributed by atoms with Crippen molar-refractivity contribution in [1.29, 1.82) is 0 Å². The SMILES string of the molecule is CC(C)CN(C)C(=O)CN1C(=O)NC(C)(c2ccc(F)cc2)C1=O. The Morgan fingerprint density at radius 3 is 2.42 bits per heavy atom. The summed E-state index contributed by atoms with van der Waals surface area (Å²) in [6.07, 6.45) is 0. The van der Waals surface area contributed by atoms with Gasteiger partial charge < -0.3 is 10.2 Å². The minimum Gasteiger partial charge on any atom is -0.344 e. The predicted molar refractivity (Wildman–Crippen MR) is 86.5 cm³/mol. The van der Waals surface area contributed by atoms with Crippen LogP contribution in [0.5, 0.6) is 0 Å². The van der Waals surface area contributed by atoms with E-state index in [2.05, 4.69) is 5.32 Å². The second kappa shape index (κ2) is 6.59. The van der Waals surface area contributed by atoms with Gasteiger partial charge in [0.25, 0.3) is 5.91 Å². The van der Waals surface area contributed by atoms with Crippen molar-refractivity contribution in [3.63, 3.8) is 0 Å². The lowest BCUT2D eigenvalue weighted by atomic mass is 9.92. The lowest BCUT2D eigenvalue weighted by Gasteiger charge is -2.24. The second-order valence-electron chi connectivity index (χ2n) is 6.62. The minimum absolute atomic E-state index is 0.284.